The molecule has 0 saturated carbocycles. The molecule has 0 aliphatic heterocycles. The monoisotopic (exact) mass is 270 g/mol. The van der Waals surface area contributed by atoms with Gasteiger partial charge in [0.05, 0.1) is 12.9 Å². The van der Waals surface area contributed by atoms with Gasteiger partial charge in [-0.2, -0.15) is 0 Å². The number of amides is 2. The van der Waals surface area contributed by atoms with E-state index in [-0.39, 0.29) is 6.42 Å². The number of carbonyl (C=O) groups is 2. The van der Waals surface area contributed by atoms with Crippen LogP contribution in [0.5, 0.6) is 0 Å². The normalized spacial score (nSPS) is 11.9. The van der Waals surface area contributed by atoms with Gasteiger partial charge in [0, 0.05) is 39.0 Å². The van der Waals surface area contributed by atoms with Crippen LogP contribution in [-0.2, 0) is 16.0 Å². The average molecular weight is 270 g/mol. The van der Waals surface area contributed by atoms with E-state index in [2.05, 4.69) is 15.3 Å². The number of H-pyrrole nitrogens is 1. The highest BCUT2D eigenvalue weighted by Crippen LogP contribution is 2.00. The zero-order valence-corrected chi connectivity index (χ0v) is 10.9. The SMILES string of the molecule is COCCN(C)C(=O)NC(Cc1cnc[nH]1)C(=O)O. The number of nitrogens with one attached hydrogen (secondary N) is 2. The third-order valence-corrected chi connectivity index (χ3v) is 2.55. The van der Waals surface area contributed by atoms with Crippen molar-refractivity contribution < 1.29 is 19.4 Å². The van der Waals surface area contributed by atoms with Crippen LogP contribution in [0.1, 0.15) is 5.69 Å². The van der Waals surface area contributed by atoms with Crippen LogP contribution in [0.15, 0.2) is 12.5 Å². The molecule has 0 aromatic carbocycles. The number of aliphatic carboxylic acids is 1. The summed E-state index contributed by atoms with van der Waals surface area (Å²) in [5, 5.41) is 11.5. The van der Waals surface area contributed by atoms with Gasteiger partial charge >= 0.3 is 12.0 Å². The van der Waals surface area contributed by atoms with Gasteiger partial charge in [-0.15, -0.1) is 0 Å². The number of aromatic nitrogens is 2. The molecule has 8 heteroatoms. The van der Waals surface area contributed by atoms with Crippen molar-refractivity contribution in [2.75, 3.05) is 27.3 Å². The molecule has 1 aromatic rings. The van der Waals surface area contributed by atoms with Crippen LogP contribution in [0.25, 0.3) is 0 Å². The van der Waals surface area contributed by atoms with Crippen LogP contribution in [0.3, 0.4) is 0 Å². The first-order chi connectivity index (χ1) is 9.04. The largest absolute Gasteiger partial charge is 0.480 e. The third-order valence-electron chi connectivity index (χ3n) is 2.55. The first-order valence-electron chi connectivity index (χ1n) is 5.75. The predicted molar refractivity (Wildman–Crippen MR) is 66.8 cm³/mol. The summed E-state index contributed by atoms with van der Waals surface area (Å²) < 4.78 is 4.85. The van der Waals surface area contributed by atoms with Gasteiger partial charge in [-0.25, -0.2) is 14.6 Å². The molecule has 19 heavy (non-hydrogen) atoms. The number of likely N-dealkylation sites (N-methyl/N-ethyl adjacent to an activating group) is 1. The van der Waals surface area contributed by atoms with Crippen molar-refractivity contribution in [1.29, 1.82) is 0 Å². The van der Waals surface area contributed by atoms with Crippen molar-refractivity contribution in [3.05, 3.63) is 18.2 Å². The summed E-state index contributed by atoms with van der Waals surface area (Å²) in [6.45, 7) is 0.779. The summed E-state index contributed by atoms with van der Waals surface area (Å²) in [4.78, 5) is 30.8. The number of imidazole rings is 1. The molecule has 0 aliphatic rings. The Balaban J connectivity index is 2.53. The molecule has 0 radical (unpaired) electrons. The molecule has 0 saturated heterocycles. The lowest BCUT2D eigenvalue weighted by Gasteiger charge is -2.20. The third kappa shape index (κ3) is 4.96. The van der Waals surface area contributed by atoms with Gasteiger partial charge in [-0.3, -0.25) is 0 Å². The van der Waals surface area contributed by atoms with Crippen LogP contribution in [0.4, 0.5) is 4.79 Å². The Hall–Kier alpha value is -2.09. The molecule has 3 N–H and O–H groups in total. The van der Waals surface area contributed by atoms with E-state index >= 15 is 0 Å². The number of hydrogen-bond acceptors (Lipinski definition) is 4. The van der Waals surface area contributed by atoms with Crippen LogP contribution in [0.2, 0.25) is 0 Å². The van der Waals surface area contributed by atoms with Gasteiger partial charge in [0.25, 0.3) is 0 Å². The fraction of sp³-hybridized carbons (Fsp3) is 0.545. The van der Waals surface area contributed by atoms with Crippen molar-refractivity contribution in [2.24, 2.45) is 0 Å². The molecule has 2 amide bonds. The number of carbonyl (C=O) groups excluding carboxylic acids is 1. The zero-order valence-electron chi connectivity index (χ0n) is 10.9. The minimum Gasteiger partial charge on any atom is -0.480 e. The molecular formula is C11H18N4O4. The molecule has 1 atom stereocenters. The number of nitrogens with zero attached hydrogens (tertiary/aromatic N) is 2. The van der Waals surface area contributed by atoms with E-state index in [1.807, 2.05) is 0 Å². The van der Waals surface area contributed by atoms with E-state index in [1.54, 1.807) is 7.05 Å². The Labute approximate surface area is 110 Å². The zero-order chi connectivity index (χ0) is 14.3. The maximum absolute atomic E-state index is 11.8. The number of methoxy groups -OCH3 is 1. The number of carboxylic acid groups (broad SMARTS) is 1. The molecule has 106 valence electrons. The first-order valence-corrected chi connectivity index (χ1v) is 5.75. The molecule has 0 spiro atoms. The number of aromatic amines is 1. The van der Waals surface area contributed by atoms with Gasteiger partial charge in [0.1, 0.15) is 6.04 Å². The second-order valence-electron chi connectivity index (χ2n) is 4.04. The fourth-order valence-electron chi connectivity index (χ4n) is 1.41. The van der Waals surface area contributed by atoms with Crippen LogP contribution in [0, 0.1) is 0 Å². The van der Waals surface area contributed by atoms with E-state index in [0.717, 1.165) is 0 Å². The molecule has 0 fully saturated rings. The summed E-state index contributed by atoms with van der Waals surface area (Å²) in [5.74, 6) is -1.09. The maximum atomic E-state index is 11.8. The smallest absolute Gasteiger partial charge is 0.326 e. The lowest BCUT2D eigenvalue weighted by atomic mass is 10.1. The van der Waals surface area contributed by atoms with Gasteiger partial charge in [-0.1, -0.05) is 0 Å². The average Bonchev–Trinajstić information content (AvgIpc) is 2.87. The van der Waals surface area contributed by atoms with Crippen molar-refractivity contribution in [3.8, 4) is 0 Å². The lowest BCUT2D eigenvalue weighted by Crippen LogP contribution is -2.48. The summed E-state index contributed by atoms with van der Waals surface area (Å²) in [7, 11) is 3.10. The predicted octanol–water partition coefficient (Wildman–Crippen LogP) is -0.307. The lowest BCUT2D eigenvalue weighted by molar-refractivity contribution is -0.139. The Bertz CT molecular complexity index is 407. The number of hydrogen-bond donors (Lipinski definition) is 3. The topological polar surface area (TPSA) is 108 Å². The van der Waals surface area contributed by atoms with Gasteiger partial charge < -0.3 is 25.0 Å². The van der Waals surface area contributed by atoms with E-state index in [4.69, 9.17) is 9.84 Å². The molecule has 0 bridgehead atoms. The molecular weight excluding hydrogens is 252 g/mol. The Morgan fingerprint density at radius 3 is 2.89 bits per heavy atom. The van der Waals surface area contributed by atoms with Crippen LogP contribution < -0.4 is 5.32 Å². The highest BCUT2D eigenvalue weighted by Gasteiger charge is 2.22. The van der Waals surface area contributed by atoms with Crippen molar-refractivity contribution in [3.63, 3.8) is 0 Å². The van der Waals surface area contributed by atoms with E-state index in [9.17, 15) is 9.59 Å². The fourth-order valence-corrected chi connectivity index (χ4v) is 1.41. The number of urea groups is 1. The number of rotatable bonds is 7. The van der Waals surface area contributed by atoms with Crippen LogP contribution >= 0.6 is 0 Å². The van der Waals surface area contributed by atoms with Crippen molar-refractivity contribution in [1.82, 2.24) is 20.2 Å². The van der Waals surface area contributed by atoms with E-state index in [1.165, 1.54) is 24.5 Å². The van der Waals surface area contributed by atoms with Gasteiger partial charge in [-0.05, 0) is 0 Å². The second-order valence-corrected chi connectivity index (χ2v) is 4.04. The molecule has 1 heterocycles. The summed E-state index contributed by atoms with van der Waals surface area (Å²) >= 11 is 0. The van der Waals surface area contributed by atoms with E-state index in [0.29, 0.717) is 18.8 Å². The first kappa shape index (κ1) is 15.0. The second kappa shape index (κ2) is 7.37. The van der Waals surface area contributed by atoms with Gasteiger partial charge in [0.15, 0.2) is 0 Å². The number of ether oxygens (including phenoxy) is 1. The van der Waals surface area contributed by atoms with E-state index < -0.39 is 18.0 Å². The summed E-state index contributed by atoms with van der Waals surface area (Å²) in [6, 6.07) is -1.46. The minimum absolute atomic E-state index is 0.152. The van der Waals surface area contributed by atoms with Crippen molar-refractivity contribution in [2.45, 2.75) is 12.5 Å². The maximum Gasteiger partial charge on any atom is 0.326 e. The molecule has 1 unspecified atom stereocenters. The minimum atomic E-state index is -1.09. The highest BCUT2D eigenvalue weighted by atomic mass is 16.5. The van der Waals surface area contributed by atoms with Gasteiger partial charge in [0.2, 0.25) is 0 Å². The molecule has 1 aromatic heterocycles. The molecule has 1 rings (SSSR count). The summed E-state index contributed by atoms with van der Waals surface area (Å²) in [5.41, 5.74) is 0.646. The number of carboxylic acids is 1. The standard InChI is InChI=1S/C11H18N4O4/c1-15(3-4-19-2)11(18)14-9(10(16)17)5-8-6-12-7-13-8/h6-7,9H,3-5H2,1-2H3,(H,12,13)(H,14,18)(H,16,17). The molecule has 8 nitrogen and oxygen atoms in total. The van der Waals surface area contributed by atoms with Crippen LogP contribution in [-0.4, -0.2) is 65.3 Å². The highest BCUT2D eigenvalue weighted by molar-refractivity contribution is 5.82. The molecule has 0 aliphatic carbocycles. The Morgan fingerprint density at radius 1 is 1.63 bits per heavy atom. The van der Waals surface area contributed by atoms with Crippen molar-refractivity contribution >= 4 is 12.0 Å². The Morgan fingerprint density at radius 2 is 2.37 bits per heavy atom. The Kier molecular flexibility index (Phi) is 5.80. The quantitative estimate of drug-likeness (QED) is 0.630. The summed E-state index contributed by atoms with van der Waals surface area (Å²) in [6.07, 6.45) is 3.14.